The van der Waals surface area contributed by atoms with Crippen molar-refractivity contribution in [3.05, 3.63) is 57.8 Å². The molecule has 1 aromatic heterocycles. The molecule has 2 rings (SSSR count). The SMILES string of the molecule is CCN(CC(O)c1ccc(C)cc1)C(=O)CNC(=O)c1cccs1. The fraction of sp³-hybridized carbons (Fsp3) is 0.333. The fourth-order valence-corrected chi connectivity index (χ4v) is 2.91. The van der Waals surface area contributed by atoms with Crippen LogP contribution in [0.25, 0.3) is 0 Å². The van der Waals surface area contributed by atoms with Crippen LogP contribution in [0.2, 0.25) is 0 Å². The Morgan fingerprint density at radius 3 is 2.54 bits per heavy atom. The van der Waals surface area contributed by atoms with E-state index in [2.05, 4.69) is 5.32 Å². The zero-order valence-electron chi connectivity index (χ0n) is 13.9. The minimum atomic E-state index is -0.748. The molecule has 0 aliphatic rings. The number of hydrogen-bond donors (Lipinski definition) is 2. The number of rotatable bonds is 7. The Morgan fingerprint density at radius 2 is 1.96 bits per heavy atom. The number of aliphatic hydroxyl groups excluding tert-OH is 1. The van der Waals surface area contributed by atoms with E-state index in [-0.39, 0.29) is 24.9 Å². The summed E-state index contributed by atoms with van der Waals surface area (Å²) >= 11 is 1.33. The maximum Gasteiger partial charge on any atom is 0.261 e. The summed E-state index contributed by atoms with van der Waals surface area (Å²) in [4.78, 5) is 26.3. The second kappa shape index (κ2) is 8.61. The summed E-state index contributed by atoms with van der Waals surface area (Å²) in [6.07, 6.45) is -0.748. The molecule has 5 nitrogen and oxygen atoms in total. The number of hydrogen-bond acceptors (Lipinski definition) is 4. The average molecular weight is 346 g/mol. The van der Waals surface area contributed by atoms with E-state index in [0.717, 1.165) is 11.1 Å². The van der Waals surface area contributed by atoms with Crippen LogP contribution in [0.4, 0.5) is 0 Å². The highest BCUT2D eigenvalue weighted by molar-refractivity contribution is 7.12. The van der Waals surface area contributed by atoms with Gasteiger partial charge >= 0.3 is 0 Å². The number of thiophene rings is 1. The molecule has 0 radical (unpaired) electrons. The van der Waals surface area contributed by atoms with Gasteiger partial charge in [-0.25, -0.2) is 0 Å². The first-order valence-electron chi connectivity index (χ1n) is 7.85. The summed E-state index contributed by atoms with van der Waals surface area (Å²) < 4.78 is 0. The van der Waals surface area contributed by atoms with Gasteiger partial charge in [0.05, 0.1) is 24.1 Å². The monoisotopic (exact) mass is 346 g/mol. The molecule has 24 heavy (non-hydrogen) atoms. The van der Waals surface area contributed by atoms with E-state index in [4.69, 9.17) is 0 Å². The second-order valence-corrected chi connectivity index (χ2v) is 6.47. The van der Waals surface area contributed by atoms with E-state index in [0.29, 0.717) is 11.4 Å². The molecule has 6 heteroatoms. The molecular formula is C18H22N2O3S. The fourth-order valence-electron chi connectivity index (χ4n) is 2.27. The van der Waals surface area contributed by atoms with E-state index in [9.17, 15) is 14.7 Å². The van der Waals surface area contributed by atoms with Gasteiger partial charge < -0.3 is 15.3 Å². The molecule has 2 amide bonds. The van der Waals surface area contributed by atoms with Crippen molar-refractivity contribution in [2.75, 3.05) is 19.6 Å². The molecule has 1 atom stereocenters. The Kier molecular flexibility index (Phi) is 6.52. The normalized spacial score (nSPS) is 11.8. The Morgan fingerprint density at radius 1 is 1.25 bits per heavy atom. The smallest absolute Gasteiger partial charge is 0.261 e. The third-order valence-electron chi connectivity index (χ3n) is 3.74. The van der Waals surface area contributed by atoms with Gasteiger partial charge in [0.15, 0.2) is 0 Å². The summed E-state index contributed by atoms with van der Waals surface area (Å²) in [6.45, 7) is 4.42. The summed E-state index contributed by atoms with van der Waals surface area (Å²) in [7, 11) is 0. The Balaban J connectivity index is 1.88. The van der Waals surface area contributed by atoms with Crippen LogP contribution in [0.5, 0.6) is 0 Å². The van der Waals surface area contributed by atoms with Gasteiger partial charge in [-0.2, -0.15) is 0 Å². The van der Waals surface area contributed by atoms with Crippen LogP contribution in [-0.4, -0.2) is 41.5 Å². The topological polar surface area (TPSA) is 69.6 Å². The zero-order valence-corrected chi connectivity index (χ0v) is 14.7. The van der Waals surface area contributed by atoms with Gasteiger partial charge in [-0.1, -0.05) is 35.9 Å². The predicted molar refractivity (Wildman–Crippen MR) is 95.0 cm³/mol. The lowest BCUT2D eigenvalue weighted by atomic mass is 10.1. The van der Waals surface area contributed by atoms with Crippen LogP contribution in [0.15, 0.2) is 41.8 Å². The maximum absolute atomic E-state index is 12.3. The van der Waals surface area contributed by atoms with Crippen molar-refractivity contribution in [2.24, 2.45) is 0 Å². The first-order valence-corrected chi connectivity index (χ1v) is 8.73. The largest absolute Gasteiger partial charge is 0.387 e. The van der Waals surface area contributed by atoms with Crippen molar-refractivity contribution >= 4 is 23.2 Å². The molecule has 2 N–H and O–H groups in total. The number of carbonyl (C=O) groups excluding carboxylic acids is 2. The zero-order chi connectivity index (χ0) is 17.5. The third-order valence-corrected chi connectivity index (χ3v) is 4.60. The molecule has 128 valence electrons. The molecule has 0 fully saturated rings. The quantitative estimate of drug-likeness (QED) is 0.809. The summed E-state index contributed by atoms with van der Waals surface area (Å²) in [5.74, 6) is -0.470. The summed E-state index contributed by atoms with van der Waals surface area (Å²) in [5.41, 5.74) is 1.89. The highest BCUT2D eigenvalue weighted by Gasteiger charge is 2.18. The van der Waals surface area contributed by atoms with Crippen molar-refractivity contribution in [3.8, 4) is 0 Å². The minimum Gasteiger partial charge on any atom is -0.387 e. The van der Waals surface area contributed by atoms with Gasteiger partial charge in [0.25, 0.3) is 5.91 Å². The van der Waals surface area contributed by atoms with Crippen LogP contribution in [0, 0.1) is 6.92 Å². The first kappa shape index (κ1) is 18.2. The predicted octanol–water partition coefficient (Wildman–Crippen LogP) is 2.37. The standard InChI is InChI=1S/C18H22N2O3S/c1-3-20(12-15(21)14-8-6-13(2)7-9-14)17(22)11-19-18(23)16-5-4-10-24-16/h4-10,15,21H,3,11-12H2,1-2H3,(H,19,23). The lowest BCUT2D eigenvalue weighted by molar-refractivity contribution is -0.131. The molecule has 1 heterocycles. The van der Waals surface area contributed by atoms with Gasteiger partial charge in [0, 0.05) is 6.54 Å². The van der Waals surface area contributed by atoms with Gasteiger partial charge in [-0.3, -0.25) is 9.59 Å². The second-order valence-electron chi connectivity index (χ2n) is 5.52. The van der Waals surface area contributed by atoms with E-state index >= 15 is 0 Å². The number of likely N-dealkylation sites (N-methyl/N-ethyl adjacent to an activating group) is 1. The van der Waals surface area contributed by atoms with Crippen LogP contribution >= 0.6 is 11.3 Å². The number of aryl methyl sites for hydroxylation is 1. The van der Waals surface area contributed by atoms with Gasteiger partial charge in [-0.05, 0) is 30.9 Å². The first-order chi connectivity index (χ1) is 11.5. The van der Waals surface area contributed by atoms with Crippen LogP contribution < -0.4 is 5.32 Å². The highest BCUT2D eigenvalue weighted by Crippen LogP contribution is 2.15. The van der Waals surface area contributed by atoms with Crippen LogP contribution in [-0.2, 0) is 4.79 Å². The van der Waals surface area contributed by atoms with E-state index in [1.807, 2.05) is 43.5 Å². The number of carbonyl (C=O) groups is 2. The maximum atomic E-state index is 12.3. The van der Waals surface area contributed by atoms with Crippen molar-refractivity contribution < 1.29 is 14.7 Å². The number of benzene rings is 1. The molecular weight excluding hydrogens is 324 g/mol. The molecule has 1 aromatic carbocycles. The Bertz CT molecular complexity index is 668. The highest BCUT2D eigenvalue weighted by atomic mass is 32.1. The lowest BCUT2D eigenvalue weighted by Crippen LogP contribution is -2.41. The van der Waals surface area contributed by atoms with E-state index in [1.165, 1.54) is 11.3 Å². The van der Waals surface area contributed by atoms with Gasteiger partial charge in [0.1, 0.15) is 0 Å². The molecule has 2 aromatic rings. The number of amides is 2. The van der Waals surface area contributed by atoms with Crippen LogP contribution in [0.1, 0.15) is 33.8 Å². The molecule has 0 aliphatic carbocycles. The molecule has 0 aliphatic heterocycles. The average Bonchev–Trinajstić information content (AvgIpc) is 3.12. The van der Waals surface area contributed by atoms with Crippen LogP contribution in [0.3, 0.4) is 0 Å². The number of nitrogens with one attached hydrogen (secondary N) is 1. The minimum absolute atomic E-state index is 0.0782. The lowest BCUT2D eigenvalue weighted by Gasteiger charge is -2.24. The molecule has 0 bridgehead atoms. The summed E-state index contributed by atoms with van der Waals surface area (Å²) in [6, 6.07) is 11.1. The van der Waals surface area contributed by atoms with Gasteiger partial charge in [0.2, 0.25) is 5.91 Å². The Labute approximate surface area is 145 Å². The number of aliphatic hydroxyl groups is 1. The molecule has 0 spiro atoms. The number of nitrogens with zero attached hydrogens (tertiary/aromatic N) is 1. The van der Waals surface area contributed by atoms with E-state index in [1.54, 1.807) is 17.0 Å². The van der Waals surface area contributed by atoms with Crippen molar-refractivity contribution in [3.63, 3.8) is 0 Å². The molecule has 0 saturated carbocycles. The molecule has 0 saturated heterocycles. The van der Waals surface area contributed by atoms with Crippen molar-refractivity contribution in [2.45, 2.75) is 20.0 Å². The molecule has 1 unspecified atom stereocenters. The van der Waals surface area contributed by atoms with E-state index < -0.39 is 6.10 Å². The third kappa shape index (κ3) is 4.91. The Hall–Kier alpha value is -2.18. The summed E-state index contributed by atoms with van der Waals surface area (Å²) in [5, 5.41) is 14.7. The van der Waals surface area contributed by atoms with Crippen molar-refractivity contribution in [1.82, 2.24) is 10.2 Å². The van der Waals surface area contributed by atoms with Gasteiger partial charge in [-0.15, -0.1) is 11.3 Å². The van der Waals surface area contributed by atoms with Crippen molar-refractivity contribution in [1.29, 1.82) is 0 Å².